The average molecular weight is 229 g/mol. The molecule has 0 aromatic heterocycles. The molecule has 1 atom stereocenters. The van der Waals surface area contributed by atoms with Gasteiger partial charge >= 0.3 is 0 Å². The highest BCUT2D eigenvalue weighted by atomic mass is 16.5. The monoisotopic (exact) mass is 229 g/mol. The largest absolute Gasteiger partial charge is 0.394 e. The van der Waals surface area contributed by atoms with Gasteiger partial charge in [0.2, 0.25) is 0 Å². The van der Waals surface area contributed by atoms with Gasteiger partial charge in [0.05, 0.1) is 18.8 Å². The Hall–Kier alpha value is -0.120. The summed E-state index contributed by atoms with van der Waals surface area (Å²) in [6.45, 7) is 5.49. The first-order valence-electron chi connectivity index (χ1n) is 6.66. The van der Waals surface area contributed by atoms with E-state index in [9.17, 15) is 5.11 Å². The molecule has 0 amide bonds. The van der Waals surface area contributed by atoms with Crippen molar-refractivity contribution in [1.29, 1.82) is 0 Å². The topological polar surface area (TPSA) is 41.5 Å². The van der Waals surface area contributed by atoms with Crippen LogP contribution in [0.5, 0.6) is 0 Å². The fourth-order valence-corrected chi connectivity index (χ4v) is 2.38. The number of nitrogens with one attached hydrogen (secondary N) is 1. The second kappa shape index (κ2) is 7.25. The van der Waals surface area contributed by atoms with Gasteiger partial charge in [-0.25, -0.2) is 0 Å². The van der Waals surface area contributed by atoms with E-state index in [1.807, 2.05) is 13.8 Å². The molecule has 0 aromatic carbocycles. The van der Waals surface area contributed by atoms with Gasteiger partial charge in [-0.3, -0.25) is 0 Å². The SMILES string of the molecule is CCOCC(C)(CO)NC1CCCCCC1. The van der Waals surface area contributed by atoms with Crippen molar-refractivity contribution in [3.05, 3.63) is 0 Å². The lowest BCUT2D eigenvalue weighted by Crippen LogP contribution is -2.54. The predicted molar refractivity (Wildman–Crippen MR) is 66.6 cm³/mol. The summed E-state index contributed by atoms with van der Waals surface area (Å²) in [5, 5.41) is 13.1. The van der Waals surface area contributed by atoms with Gasteiger partial charge in [-0.15, -0.1) is 0 Å². The quantitative estimate of drug-likeness (QED) is 0.685. The maximum atomic E-state index is 9.47. The van der Waals surface area contributed by atoms with Crippen LogP contribution >= 0.6 is 0 Å². The number of ether oxygens (including phenoxy) is 1. The molecular formula is C13H27NO2. The lowest BCUT2D eigenvalue weighted by Gasteiger charge is -2.33. The molecule has 0 heterocycles. The van der Waals surface area contributed by atoms with E-state index < -0.39 is 0 Å². The first-order chi connectivity index (χ1) is 7.70. The average Bonchev–Trinajstić information content (AvgIpc) is 2.55. The second-order valence-corrected chi connectivity index (χ2v) is 5.19. The van der Waals surface area contributed by atoms with E-state index in [2.05, 4.69) is 5.32 Å². The van der Waals surface area contributed by atoms with E-state index in [0.717, 1.165) is 0 Å². The zero-order chi connectivity index (χ0) is 11.9. The van der Waals surface area contributed by atoms with Crippen molar-refractivity contribution >= 4 is 0 Å². The minimum atomic E-state index is -0.273. The van der Waals surface area contributed by atoms with Gasteiger partial charge in [-0.1, -0.05) is 25.7 Å². The molecule has 1 rings (SSSR count). The van der Waals surface area contributed by atoms with Crippen LogP contribution < -0.4 is 5.32 Å². The third kappa shape index (κ3) is 4.81. The molecule has 1 fully saturated rings. The van der Waals surface area contributed by atoms with Crippen LogP contribution in [0.2, 0.25) is 0 Å². The van der Waals surface area contributed by atoms with E-state index in [0.29, 0.717) is 19.3 Å². The standard InChI is InChI=1S/C13H27NO2/c1-3-16-11-13(2,10-15)14-12-8-6-4-5-7-9-12/h12,14-15H,3-11H2,1-2H3. The Bertz CT molecular complexity index is 179. The highest BCUT2D eigenvalue weighted by Crippen LogP contribution is 2.19. The van der Waals surface area contributed by atoms with Crippen molar-refractivity contribution in [1.82, 2.24) is 5.32 Å². The van der Waals surface area contributed by atoms with Crippen LogP contribution in [0.1, 0.15) is 52.4 Å². The van der Waals surface area contributed by atoms with Crippen molar-refractivity contribution < 1.29 is 9.84 Å². The van der Waals surface area contributed by atoms with Crippen LogP contribution in [0, 0.1) is 0 Å². The summed E-state index contributed by atoms with van der Waals surface area (Å²) >= 11 is 0. The predicted octanol–water partition coefficient (Wildman–Crippen LogP) is 2.09. The number of hydrogen-bond donors (Lipinski definition) is 2. The first-order valence-corrected chi connectivity index (χ1v) is 6.66. The molecule has 1 saturated carbocycles. The van der Waals surface area contributed by atoms with Crippen LogP contribution in [-0.4, -0.2) is 36.5 Å². The molecule has 0 radical (unpaired) electrons. The molecule has 0 aliphatic heterocycles. The van der Waals surface area contributed by atoms with Gasteiger partial charge < -0.3 is 15.2 Å². The van der Waals surface area contributed by atoms with Crippen molar-refractivity contribution in [3.63, 3.8) is 0 Å². The van der Waals surface area contributed by atoms with Crippen LogP contribution in [0.15, 0.2) is 0 Å². The number of hydrogen-bond acceptors (Lipinski definition) is 3. The van der Waals surface area contributed by atoms with Gasteiger partial charge in [0.15, 0.2) is 0 Å². The molecule has 0 bridgehead atoms. The Morgan fingerprint density at radius 2 is 1.88 bits per heavy atom. The van der Waals surface area contributed by atoms with E-state index in [1.165, 1.54) is 38.5 Å². The van der Waals surface area contributed by atoms with Gasteiger partial charge in [-0.05, 0) is 26.7 Å². The van der Waals surface area contributed by atoms with E-state index in [-0.39, 0.29) is 12.1 Å². The third-order valence-corrected chi connectivity index (χ3v) is 3.38. The van der Waals surface area contributed by atoms with E-state index >= 15 is 0 Å². The van der Waals surface area contributed by atoms with Crippen LogP contribution in [-0.2, 0) is 4.74 Å². The summed E-state index contributed by atoms with van der Waals surface area (Å²) in [6, 6.07) is 0.556. The van der Waals surface area contributed by atoms with E-state index in [1.54, 1.807) is 0 Å². The van der Waals surface area contributed by atoms with Crippen molar-refractivity contribution in [3.8, 4) is 0 Å². The minimum Gasteiger partial charge on any atom is -0.394 e. The normalized spacial score (nSPS) is 22.7. The molecule has 96 valence electrons. The Morgan fingerprint density at radius 1 is 1.25 bits per heavy atom. The van der Waals surface area contributed by atoms with Gasteiger partial charge in [-0.2, -0.15) is 0 Å². The molecule has 3 nitrogen and oxygen atoms in total. The fourth-order valence-electron chi connectivity index (χ4n) is 2.38. The lowest BCUT2D eigenvalue weighted by molar-refractivity contribution is 0.0428. The number of aliphatic hydroxyl groups is 1. The molecule has 2 N–H and O–H groups in total. The summed E-state index contributed by atoms with van der Waals surface area (Å²) in [5.74, 6) is 0. The van der Waals surface area contributed by atoms with Gasteiger partial charge in [0.1, 0.15) is 0 Å². The Morgan fingerprint density at radius 3 is 2.38 bits per heavy atom. The number of aliphatic hydroxyl groups excluding tert-OH is 1. The smallest absolute Gasteiger partial charge is 0.0668 e. The molecule has 3 heteroatoms. The van der Waals surface area contributed by atoms with Crippen LogP contribution in [0.4, 0.5) is 0 Å². The van der Waals surface area contributed by atoms with Crippen molar-refractivity contribution in [2.75, 3.05) is 19.8 Å². The molecule has 1 unspecified atom stereocenters. The highest BCUT2D eigenvalue weighted by Gasteiger charge is 2.27. The molecule has 0 saturated heterocycles. The zero-order valence-corrected chi connectivity index (χ0v) is 10.8. The fraction of sp³-hybridized carbons (Fsp3) is 1.00. The Labute approximate surface area is 99.6 Å². The molecule has 0 aromatic rings. The van der Waals surface area contributed by atoms with Crippen LogP contribution in [0.25, 0.3) is 0 Å². The maximum Gasteiger partial charge on any atom is 0.0668 e. The summed E-state index contributed by atoms with van der Waals surface area (Å²) in [7, 11) is 0. The Balaban J connectivity index is 2.40. The highest BCUT2D eigenvalue weighted by molar-refractivity contribution is 4.86. The molecule has 1 aliphatic carbocycles. The lowest BCUT2D eigenvalue weighted by atomic mass is 10.00. The van der Waals surface area contributed by atoms with E-state index in [4.69, 9.17) is 4.74 Å². The van der Waals surface area contributed by atoms with Gasteiger partial charge in [0.25, 0.3) is 0 Å². The molecule has 0 spiro atoms. The summed E-state index contributed by atoms with van der Waals surface area (Å²) in [5.41, 5.74) is -0.273. The zero-order valence-electron chi connectivity index (χ0n) is 10.8. The van der Waals surface area contributed by atoms with Crippen molar-refractivity contribution in [2.45, 2.75) is 64.0 Å². The summed E-state index contributed by atoms with van der Waals surface area (Å²) in [6.07, 6.45) is 7.82. The summed E-state index contributed by atoms with van der Waals surface area (Å²) < 4.78 is 5.44. The van der Waals surface area contributed by atoms with Crippen LogP contribution in [0.3, 0.4) is 0 Å². The number of rotatable bonds is 6. The maximum absolute atomic E-state index is 9.47. The molecule has 1 aliphatic rings. The minimum absolute atomic E-state index is 0.142. The van der Waals surface area contributed by atoms with Crippen molar-refractivity contribution in [2.24, 2.45) is 0 Å². The molecule has 16 heavy (non-hydrogen) atoms. The first kappa shape index (κ1) is 13.9. The van der Waals surface area contributed by atoms with Gasteiger partial charge in [0, 0.05) is 12.6 Å². The third-order valence-electron chi connectivity index (χ3n) is 3.38. The molecular weight excluding hydrogens is 202 g/mol. The Kier molecular flexibility index (Phi) is 6.32. The second-order valence-electron chi connectivity index (χ2n) is 5.19. The summed E-state index contributed by atoms with van der Waals surface area (Å²) in [4.78, 5) is 0.